The largest absolute Gasteiger partial charge is 0.351 e. The van der Waals surface area contributed by atoms with E-state index < -0.39 is 21.6 Å². The smallest absolute Gasteiger partial charge is 0.276 e. The van der Waals surface area contributed by atoms with Gasteiger partial charge in [0.1, 0.15) is 5.82 Å². The molecule has 26 heavy (non-hydrogen) atoms. The van der Waals surface area contributed by atoms with Gasteiger partial charge in [0.2, 0.25) is 0 Å². The normalized spacial score (nSPS) is 18.5. The summed E-state index contributed by atoms with van der Waals surface area (Å²) in [5, 5.41) is 10.5. The topological polar surface area (TPSA) is 92.3 Å². The van der Waals surface area contributed by atoms with Crippen molar-refractivity contribution in [2.75, 3.05) is 28.3 Å². The van der Waals surface area contributed by atoms with Crippen molar-refractivity contribution in [2.24, 2.45) is 0 Å². The lowest BCUT2D eigenvalue weighted by Crippen LogP contribution is -2.37. The third-order valence-corrected chi connectivity index (χ3v) is 6.00. The van der Waals surface area contributed by atoms with Crippen LogP contribution in [0.25, 0.3) is 0 Å². The van der Waals surface area contributed by atoms with Crippen LogP contribution in [0, 0.1) is 5.82 Å². The van der Waals surface area contributed by atoms with E-state index in [-0.39, 0.29) is 23.2 Å². The van der Waals surface area contributed by atoms with Crippen LogP contribution >= 0.6 is 0 Å². The van der Waals surface area contributed by atoms with Crippen LogP contribution < -0.4 is 10.2 Å². The Labute approximate surface area is 151 Å². The maximum absolute atomic E-state index is 13.2. The number of hydrogen-bond acceptors (Lipinski definition) is 6. The first kappa shape index (κ1) is 18.2. The monoisotopic (exact) mass is 378 g/mol. The predicted octanol–water partition coefficient (Wildman–Crippen LogP) is 1.88. The zero-order valence-corrected chi connectivity index (χ0v) is 15.0. The van der Waals surface area contributed by atoms with Crippen LogP contribution in [0.5, 0.6) is 0 Å². The number of nitrogens with zero attached hydrogens (tertiary/aromatic N) is 3. The minimum Gasteiger partial charge on any atom is -0.351 e. The summed E-state index contributed by atoms with van der Waals surface area (Å²) in [6.07, 6.45) is 0.555. The van der Waals surface area contributed by atoms with Gasteiger partial charge in [-0.3, -0.25) is 4.79 Å². The van der Waals surface area contributed by atoms with Crippen molar-refractivity contribution in [3.05, 3.63) is 47.9 Å². The van der Waals surface area contributed by atoms with Gasteiger partial charge in [0, 0.05) is 18.3 Å². The van der Waals surface area contributed by atoms with Crippen LogP contribution in [-0.2, 0) is 9.84 Å². The fourth-order valence-corrected chi connectivity index (χ4v) is 4.72. The number of nitrogens with one attached hydrogen (secondary N) is 1. The second-order valence-electron chi connectivity index (χ2n) is 6.08. The van der Waals surface area contributed by atoms with Crippen LogP contribution in [0.15, 0.2) is 36.4 Å². The number of carbonyl (C=O) groups is 1. The number of amides is 1. The minimum absolute atomic E-state index is 0.0908. The summed E-state index contributed by atoms with van der Waals surface area (Å²) in [5.74, 6) is -0.146. The van der Waals surface area contributed by atoms with E-state index >= 15 is 0 Å². The van der Waals surface area contributed by atoms with Crippen molar-refractivity contribution in [3.63, 3.8) is 0 Å². The Bertz CT molecular complexity index is 902. The molecule has 1 aliphatic rings. The van der Waals surface area contributed by atoms with E-state index in [2.05, 4.69) is 15.5 Å². The molecule has 2 aromatic rings. The maximum atomic E-state index is 13.2. The summed E-state index contributed by atoms with van der Waals surface area (Å²) in [6.45, 7) is 2.50. The lowest BCUT2D eigenvalue weighted by Gasteiger charge is -2.27. The number of hydrogen-bond donors (Lipinski definition) is 1. The summed E-state index contributed by atoms with van der Waals surface area (Å²) in [4.78, 5) is 14.1. The molecule has 0 saturated carbocycles. The van der Waals surface area contributed by atoms with Crippen molar-refractivity contribution >= 4 is 27.2 Å². The number of rotatable bonds is 5. The molecule has 1 amide bonds. The first-order valence-electron chi connectivity index (χ1n) is 8.25. The fourth-order valence-electron chi connectivity index (χ4n) is 2.99. The molecule has 1 aliphatic heterocycles. The van der Waals surface area contributed by atoms with E-state index in [4.69, 9.17) is 0 Å². The van der Waals surface area contributed by atoms with Gasteiger partial charge in [-0.2, -0.15) is 0 Å². The number of anilines is 2. The van der Waals surface area contributed by atoms with Gasteiger partial charge in [-0.15, -0.1) is 10.2 Å². The van der Waals surface area contributed by atoms with Crippen LogP contribution in [-0.4, -0.2) is 48.6 Å². The molecule has 3 rings (SSSR count). The summed E-state index contributed by atoms with van der Waals surface area (Å²) in [6, 6.07) is 8.58. The highest BCUT2D eigenvalue weighted by Crippen LogP contribution is 2.22. The highest BCUT2D eigenvalue weighted by Gasteiger charge is 2.32. The van der Waals surface area contributed by atoms with Crippen LogP contribution in [0.2, 0.25) is 0 Å². The lowest BCUT2D eigenvalue weighted by molar-refractivity contribution is 0.102. The third-order valence-electron chi connectivity index (χ3n) is 4.25. The Hall–Kier alpha value is -2.55. The molecule has 0 aliphatic carbocycles. The van der Waals surface area contributed by atoms with Gasteiger partial charge in [0.15, 0.2) is 21.3 Å². The predicted molar refractivity (Wildman–Crippen MR) is 96.5 cm³/mol. The number of carbonyl (C=O) groups excluding carboxylic acids is 1. The molecule has 1 atom stereocenters. The van der Waals surface area contributed by atoms with Gasteiger partial charge in [-0.1, -0.05) is 6.07 Å². The van der Waals surface area contributed by atoms with Crippen molar-refractivity contribution in [1.82, 2.24) is 10.2 Å². The second kappa shape index (κ2) is 7.36. The molecule has 1 fully saturated rings. The van der Waals surface area contributed by atoms with Gasteiger partial charge in [-0.25, -0.2) is 12.8 Å². The fraction of sp³-hybridized carbons (Fsp3) is 0.353. The third kappa shape index (κ3) is 4.16. The quantitative estimate of drug-likeness (QED) is 0.854. The van der Waals surface area contributed by atoms with Crippen LogP contribution in [0.4, 0.5) is 15.9 Å². The SMILES string of the molecule is CCN(c1ccc(C(=O)Nc2cccc(F)c2)nn1)C1CCS(=O)(=O)C1. The number of aromatic nitrogens is 2. The molecule has 1 unspecified atom stereocenters. The zero-order valence-electron chi connectivity index (χ0n) is 14.2. The van der Waals surface area contributed by atoms with Gasteiger partial charge in [0.25, 0.3) is 5.91 Å². The van der Waals surface area contributed by atoms with Crippen molar-refractivity contribution in [3.8, 4) is 0 Å². The van der Waals surface area contributed by atoms with E-state index in [0.717, 1.165) is 0 Å². The van der Waals surface area contributed by atoms with Crippen LogP contribution in [0.3, 0.4) is 0 Å². The minimum atomic E-state index is -3.00. The van der Waals surface area contributed by atoms with Gasteiger partial charge < -0.3 is 10.2 Å². The van der Waals surface area contributed by atoms with Crippen LogP contribution in [0.1, 0.15) is 23.8 Å². The molecule has 7 nitrogen and oxygen atoms in total. The zero-order chi connectivity index (χ0) is 18.7. The second-order valence-corrected chi connectivity index (χ2v) is 8.31. The van der Waals surface area contributed by atoms with E-state index in [1.807, 2.05) is 11.8 Å². The molecule has 0 spiro atoms. The molecule has 1 aromatic heterocycles. The Morgan fingerprint density at radius 2 is 2.12 bits per heavy atom. The van der Waals surface area contributed by atoms with Gasteiger partial charge in [-0.05, 0) is 43.7 Å². The van der Waals surface area contributed by atoms with E-state index in [9.17, 15) is 17.6 Å². The van der Waals surface area contributed by atoms with E-state index in [0.29, 0.717) is 24.5 Å². The Balaban J connectivity index is 1.72. The number of sulfone groups is 1. The van der Waals surface area contributed by atoms with E-state index in [1.165, 1.54) is 24.3 Å². The molecular weight excluding hydrogens is 359 g/mol. The molecule has 1 N–H and O–H groups in total. The highest BCUT2D eigenvalue weighted by molar-refractivity contribution is 7.91. The molecule has 0 bridgehead atoms. The molecule has 2 heterocycles. The number of benzene rings is 1. The Morgan fingerprint density at radius 3 is 2.69 bits per heavy atom. The molecule has 138 valence electrons. The summed E-state index contributed by atoms with van der Waals surface area (Å²) >= 11 is 0. The van der Waals surface area contributed by atoms with Gasteiger partial charge in [0.05, 0.1) is 11.5 Å². The van der Waals surface area contributed by atoms with E-state index in [1.54, 1.807) is 12.1 Å². The van der Waals surface area contributed by atoms with Gasteiger partial charge >= 0.3 is 0 Å². The summed E-state index contributed by atoms with van der Waals surface area (Å²) in [7, 11) is -3.00. The number of halogens is 1. The van der Waals surface area contributed by atoms with Crippen molar-refractivity contribution in [2.45, 2.75) is 19.4 Å². The molecule has 1 aromatic carbocycles. The summed E-state index contributed by atoms with van der Waals surface area (Å²) in [5.41, 5.74) is 0.417. The lowest BCUT2D eigenvalue weighted by atomic mass is 10.2. The molecule has 1 saturated heterocycles. The average Bonchev–Trinajstić information content (AvgIpc) is 2.96. The first-order valence-corrected chi connectivity index (χ1v) is 10.1. The maximum Gasteiger partial charge on any atom is 0.276 e. The molecular formula is C17H19FN4O3S. The Kier molecular flexibility index (Phi) is 5.17. The average molecular weight is 378 g/mol. The molecule has 9 heteroatoms. The first-order chi connectivity index (χ1) is 12.4. The van der Waals surface area contributed by atoms with Crippen molar-refractivity contribution in [1.29, 1.82) is 0 Å². The Morgan fingerprint density at radius 1 is 1.31 bits per heavy atom. The van der Waals surface area contributed by atoms with Crippen molar-refractivity contribution < 1.29 is 17.6 Å². The summed E-state index contributed by atoms with van der Waals surface area (Å²) < 4.78 is 36.6. The molecule has 0 radical (unpaired) electrons. The highest BCUT2D eigenvalue weighted by atomic mass is 32.2. The standard InChI is InChI=1S/C17H19FN4O3S/c1-2-22(14-8-9-26(24,25)11-14)16-7-6-15(20-21-16)17(23)19-13-5-3-4-12(18)10-13/h3-7,10,14H,2,8-9,11H2,1H3,(H,19,23).